The van der Waals surface area contributed by atoms with Crippen LogP contribution in [0.5, 0.6) is 0 Å². The average molecular weight is 227 g/mol. The summed E-state index contributed by atoms with van der Waals surface area (Å²) in [4.78, 5) is 2.44. The van der Waals surface area contributed by atoms with Gasteiger partial charge in [-0.15, -0.1) is 0 Å². The van der Waals surface area contributed by atoms with Gasteiger partial charge < -0.3 is 9.64 Å². The van der Waals surface area contributed by atoms with E-state index < -0.39 is 0 Å². The summed E-state index contributed by atoms with van der Waals surface area (Å²) in [5.74, 6) is 0.689. The zero-order chi connectivity index (χ0) is 12.2. The van der Waals surface area contributed by atoms with Crippen molar-refractivity contribution in [2.24, 2.45) is 11.3 Å². The molecule has 2 saturated heterocycles. The van der Waals surface area contributed by atoms with E-state index in [1.165, 1.54) is 32.4 Å². The smallest absolute Gasteiger partial charge is 0.0604 e. The van der Waals surface area contributed by atoms with Crippen molar-refractivity contribution in [3.8, 4) is 0 Å². The second-order valence-electron chi connectivity index (χ2n) is 5.60. The Hall–Kier alpha value is -0.0800. The molecule has 0 saturated carbocycles. The lowest BCUT2D eigenvalue weighted by Crippen LogP contribution is -2.38. The molecule has 96 valence electrons. The maximum absolute atomic E-state index is 5.92. The van der Waals surface area contributed by atoms with E-state index >= 15 is 0 Å². The molecule has 2 heterocycles. The molecule has 0 radical (unpaired) electrons. The van der Waals surface area contributed by atoms with Crippen LogP contribution in [0.1, 0.15) is 47.0 Å². The van der Waals surface area contributed by atoms with Crippen LogP contribution in [-0.2, 0) is 4.74 Å². The molecule has 1 spiro atoms. The number of hydrogen-bond acceptors (Lipinski definition) is 2. The minimum atomic E-state index is 0.526. The van der Waals surface area contributed by atoms with Gasteiger partial charge >= 0.3 is 0 Å². The quantitative estimate of drug-likeness (QED) is 0.682. The molecule has 2 nitrogen and oxygen atoms in total. The lowest BCUT2D eigenvalue weighted by Gasteiger charge is -2.36. The molecule has 0 aromatic rings. The highest BCUT2D eigenvalue weighted by molar-refractivity contribution is 4.92. The second-order valence-corrected chi connectivity index (χ2v) is 5.60. The minimum absolute atomic E-state index is 0.526. The summed E-state index contributed by atoms with van der Waals surface area (Å²) in [6, 6.07) is 0. The van der Waals surface area contributed by atoms with Gasteiger partial charge in [-0.1, -0.05) is 27.7 Å². The zero-order valence-electron chi connectivity index (χ0n) is 11.8. The predicted molar refractivity (Wildman–Crippen MR) is 69.7 cm³/mol. The molecule has 0 amide bonds. The molecule has 1 atom stereocenters. The molecule has 2 aliphatic heterocycles. The molecule has 1 unspecified atom stereocenters. The number of nitrogens with zero attached hydrogens (tertiary/aromatic N) is 1. The zero-order valence-corrected chi connectivity index (χ0v) is 11.8. The number of ether oxygens (including phenoxy) is 1. The minimum Gasteiger partial charge on any atom is -0.377 e. The van der Waals surface area contributed by atoms with Gasteiger partial charge in [0.25, 0.3) is 0 Å². The van der Waals surface area contributed by atoms with Crippen LogP contribution >= 0.6 is 0 Å². The van der Waals surface area contributed by atoms with Gasteiger partial charge in [-0.25, -0.2) is 0 Å². The summed E-state index contributed by atoms with van der Waals surface area (Å²) < 4.78 is 5.92. The summed E-state index contributed by atoms with van der Waals surface area (Å²) in [6.45, 7) is 12.1. The third kappa shape index (κ3) is 3.21. The molecule has 2 fully saturated rings. The molecule has 2 heteroatoms. The van der Waals surface area contributed by atoms with Crippen LogP contribution in [0.15, 0.2) is 0 Å². The molecular weight excluding hydrogens is 198 g/mol. The van der Waals surface area contributed by atoms with Gasteiger partial charge in [0.1, 0.15) is 0 Å². The first-order valence-electron chi connectivity index (χ1n) is 6.91. The number of piperidine rings is 1. The first-order valence-corrected chi connectivity index (χ1v) is 6.91. The fourth-order valence-corrected chi connectivity index (χ4v) is 2.70. The van der Waals surface area contributed by atoms with Crippen molar-refractivity contribution >= 4 is 0 Å². The largest absolute Gasteiger partial charge is 0.377 e. The van der Waals surface area contributed by atoms with Gasteiger partial charge in [0.05, 0.1) is 12.7 Å². The topological polar surface area (TPSA) is 12.5 Å². The van der Waals surface area contributed by atoms with Crippen LogP contribution in [0.2, 0.25) is 0 Å². The number of rotatable bonds is 1. The van der Waals surface area contributed by atoms with E-state index in [0.717, 1.165) is 6.61 Å². The van der Waals surface area contributed by atoms with Crippen LogP contribution in [0, 0.1) is 11.3 Å². The van der Waals surface area contributed by atoms with Crippen molar-refractivity contribution in [3.05, 3.63) is 0 Å². The summed E-state index contributed by atoms with van der Waals surface area (Å²) in [5.41, 5.74) is 0.543. The van der Waals surface area contributed by atoms with Gasteiger partial charge in [0, 0.05) is 0 Å². The Morgan fingerprint density at radius 1 is 1.19 bits per heavy atom. The Kier molecular flexibility index (Phi) is 5.26. The molecule has 0 N–H and O–H groups in total. The standard InChI is InChI=1S/C12H23NO.C2H6/c1-10(2)11-8-12(9-14-11)4-6-13(3)7-5-12;1-2/h10-11H,4-9H2,1-3H3;1-2H3. The van der Waals surface area contributed by atoms with E-state index in [1.807, 2.05) is 13.8 Å². The molecule has 0 aromatic heterocycles. The third-order valence-corrected chi connectivity index (χ3v) is 4.03. The Balaban J connectivity index is 0.000000606. The van der Waals surface area contributed by atoms with Gasteiger partial charge in [-0.2, -0.15) is 0 Å². The Morgan fingerprint density at radius 3 is 2.19 bits per heavy atom. The molecule has 0 aromatic carbocycles. The predicted octanol–water partition coefficient (Wildman–Crippen LogP) is 3.17. The van der Waals surface area contributed by atoms with Gasteiger partial charge in [-0.3, -0.25) is 0 Å². The highest BCUT2D eigenvalue weighted by Gasteiger charge is 2.42. The Labute approximate surface area is 101 Å². The van der Waals surface area contributed by atoms with Gasteiger partial charge in [-0.05, 0) is 50.7 Å². The maximum Gasteiger partial charge on any atom is 0.0604 e. The van der Waals surface area contributed by atoms with Crippen LogP contribution in [0.25, 0.3) is 0 Å². The van der Waals surface area contributed by atoms with Crippen LogP contribution in [0.4, 0.5) is 0 Å². The Bertz CT molecular complexity index is 195. The lowest BCUT2D eigenvalue weighted by atomic mass is 9.75. The fraction of sp³-hybridized carbons (Fsp3) is 1.00. The first-order chi connectivity index (χ1) is 7.61. The summed E-state index contributed by atoms with van der Waals surface area (Å²) in [6.07, 6.45) is 4.51. The van der Waals surface area contributed by atoms with Gasteiger partial charge in [0.15, 0.2) is 0 Å². The van der Waals surface area contributed by atoms with E-state index in [2.05, 4.69) is 25.8 Å². The normalized spacial score (nSPS) is 29.2. The number of hydrogen-bond donors (Lipinski definition) is 0. The molecule has 2 aliphatic rings. The van der Waals surface area contributed by atoms with E-state index in [4.69, 9.17) is 4.74 Å². The van der Waals surface area contributed by atoms with Crippen molar-refractivity contribution in [1.29, 1.82) is 0 Å². The number of likely N-dealkylation sites (tertiary alicyclic amines) is 1. The van der Waals surface area contributed by atoms with Crippen LogP contribution < -0.4 is 0 Å². The summed E-state index contributed by atoms with van der Waals surface area (Å²) >= 11 is 0. The lowest BCUT2D eigenvalue weighted by molar-refractivity contribution is 0.0542. The highest BCUT2D eigenvalue weighted by atomic mass is 16.5. The van der Waals surface area contributed by atoms with Crippen molar-refractivity contribution in [2.75, 3.05) is 26.7 Å². The van der Waals surface area contributed by atoms with E-state index in [1.54, 1.807) is 0 Å². The second kappa shape index (κ2) is 6.02. The van der Waals surface area contributed by atoms with Crippen LogP contribution in [0.3, 0.4) is 0 Å². The SMILES string of the molecule is CC.CC(C)C1CC2(CCN(C)CC2)CO1. The Morgan fingerprint density at radius 2 is 1.75 bits per heavy atom. The molecular formula is C14H29NO. The molecule has 2 rings (SSSR count). The highest BCUT2D eigenvalue weighted by Crippen LogP contribution is 2.43. The van der Waals surface area contributed by atoms with E-state index in [0.29, 0.717) is 17.4 Å². The van der Waals surface area contributed by atoms with Crippen molar-refractivity contribution in [3.63, 3.8) is 0 Å². The monoisotopic (exact) mass is 227 g/mol. The summed E-state index contributed by atoms with van der Waals surface area (Å²) in [7, 11) is 2.22. The van der Waals surface area contributed by atoms with Gasteiger partial charge in [0.2, 0.25) is 0 Å². The van der Waals surface area contributed by atoms with E-state index in [9.17, 15) is 0 Å². The van der Waals surface area contributed by atoms with E-state index in [-0.39, 0.29) is 0 Å². The first kappa shape index (κ1) is 14.0. The molecule has 0 aliphatic carbocycles. The fourth-order valence-electron chi connectivity index (χ4n) is 2.70. The molecule has 0 bridgehead atoms. The summed E-state index contributed by atoms with van der Waals surface area (Å²) in [5, 5.41) is 0. The van der Waals surface area contributed by atoms with Crippen molar-refractivity contribution < 1.29 is 4.74 Å². The average Bonchev–Trinajstić information content (AvgIpc) is 2.71. The van der Waals surface area contributed by atoms with Crippen molar-refractivity contribution in [1.82, 2.24) is 4.90 Å². The van der Waals surface area contributed by atoms with Crippen molar-refractivity contribution in [2.45, 2.75) is 53.1 Å². The maximum atomic E-state index is 5.92. The third-order valence-electron chi connectivity index (χ3n) is 4.03. The molecule has 16 heavy (non-hydrogen) atoms. The van der Waals surface area contributed by atoms with Crippen LogP contribution in [-0.4, -0.2) is 37.7 Å².